The molecular formula is C27H28N6O2. The van der Waals surface area contributed by atoms with Crippen LogP contribution in [-0.2, 0) is 12.8 Å². The van der Waals surface area contributed by atoms with Crippen LogP contribution in [0.5, 0.6) is 5.75 Å². The molecule has 1 amide bonds. The number of hydrogen-bond acceptors (Lipinski definition) is 7. The number of ether oxygens (including phenoxy) is 1. The maximum atomic E-state index is 12.8. The number of aromatic nitrogens is 3. The Hall–Kier alpha value is -3.99. The van der Waals surface area contributed by atoms with Crippen LogP contribution in [0, 0.1) is 18.3 Å². The summed E-state index contributed by atoms with van der Waals surface area (Å²) in [5.74, 6) is 1.34. The highest BCUT2D eigenvalue weighted by Gasteiger charge is 2.25. The number of hydrogen-bond donors (Lipinski definition) is 1. The molecule has 2 aliphatic rings. The molecule has 0 spiro atoms. The van der Waals surface area contributed by atoms with Gasteiger partial charge in [0.05, 0.1) is 11.6 Å². The average Bonchev–Trinajstić information content (AvgIpc) is 2.89. The molecule has 0 radical (unpaired) electrons. The zero-order chi connectivity index (χ0) is 24.2. The monoisotopic (exact) mass is 468 g/mol. The van der Waals surface area contributed by atoms with Crippen molar-refractivity contribution in [1.29, 1.82) is 5.26 Å². The molecule has 1 unspecified atom stereocenters. The number of nitrogens with zero attached hydrogens (tertiary/aromatic N) is 5. The van der Waals surface area contributed by atoms with E-state index in [4.69, 9.17) is 10.00 Å². The van der Waals surface area contributed by atoms with Crippen LogP contribution in [0.3, 0.4) is 0 Å². The number of nitriles is 1. The number of amides is 1. The number of benzene rings is 1. The van der Waals surface area contributed by atoms with E-state index in [0.29, 0.717) is 11.3 Å². The van der Waals surface area contributed by atoms with Crippen molar-refractivity contribution in [3.05, 3.63) is 76.7 Å². The SMILES string of the molecule is Cc1cc(C(=O)NC2CCc3cccnc3C2)nnc1N1CCC(Oc2cccc(C#N)c2)CC1. The van der Waals surface area contributed by atoms with Gasteiger partial charge in [0.1, 0.15) is 11.9 Å². The Morgan fingerprint density at radius 3 is 2.80 bits per heavy atom. The third-order valence-electron chi connectivity index (χ3n) is 6.72. The molecule has 35 heavy (non-hydrogen) atoms. The van der Waals surface area contributed by atoms with Crippen LogP contribution in [0.1, 0.15) is 52.1 Å². The highest BCUT2D eigenvalue weighted by atomic mass is 16.5. The number of fused-ring (bicyclic) bond motifs is 1. The molecule has 1 N–H and O–H groups in total. The second-order valence-electron chi connectivity index (χ2n) is 9.20. The summed E-state index contributed by atoms with van der Waals surface area (Å²) in [6.45, 7) is 3.55. The van der Waals surface area contributed by atoms with Gasteiger partial charge in [-0.05, 0) is 61.2 Å². The molecule has 1 aromatic carbocycles. The Balaban J connectivity index is 1.17. The van der Waals surface area contributed by atoms with Gasteiger partial charge in [0.2, 0.25) is 0 Å². The van der Waals surface area contributed by atoms with Crippen molar-refractivity contribution in [3.63, 3.8) is 0 Å². The largest absolute Gasteiger partial charge is 0.490 e. The molecule has 2 aromatic heterocycles. The molecule has 8 heteroatoms. The van der Waals surface area contributed by atoms with E-state index in [9.17, 15) is 4.79 Å². The van der Waals surface area contributed by atoms with E-state index in [0.717, 1.165) is 68.0 Å². The number of piperidine rings is 1. The minimum atomic E-state index is -0.191. The van der Waals surface area contributed by atoms with Crippen LogP contribution in [0.15, 0.2) is 48.7 Å². The number of pyridine rings is 1. The van der Waals surface area contributed by atoms with Gasteiger partial charge in [-0.1, -0.05) is 12.1 Å². The van der Waals surface area contributed by atoms with Gasteiger partial charge >= 0.3 is 0 Å². The molecule has 178 valence electrons. The van der Waals surface area contributed by atoms with Gasteiger partial charge in [-0.15, -0.1) is 10.2 Å². The Morgan fingerprint density at radius 1 is 1.14 bits per heavy atom. The maximum absolute atomic E-state index is 12.8. The highest BCUT2D eigenvalue weighted by Crippen LogP contribution is 2.25. The molecule has 1 fully saturated rings. The van der Waals surface area contributed by atoms with Crippen LogP contribution in [0.25, 0.3) is 0 Å². The van der Waals surface area contributed by atoms with Gasteiger partial charge < -0.3 is 15.0 Å². The van der Waals surface area contributed by atoms with Crippen LogP contribution >= 0.6 is 0 Å². The van der Waals surface area contributed by atoms with E-state index in [1.807, 2.05) is 31.2 Å². The fraction of sp³-hybridized carbons (Fsp3) is 0.370. The first-order valence-electron chi connectivity index (χ1n) is 12.1. The van der Waals surface area contributed by atoms with Gasteiger partial charge in [0.25, 0.3) is 5.91 Å². The molecule has 3 aromatic rings. The summed E-state index contributed by atoms with van der Waals surface area (Å²) in [7, 11) is 0. The third kappa shape index (κ3) is 5.24. The van der Waals surface area contributed by atoms with Crippen molar-refractivity contribution in [2.75, 3.05) is 18.0 Å². The fourth-order valence-corrected chi connectivity index (χ4v) is 4.85. The van der Waals surface area contributed by atoms with E-state index in [2.05, 4.69) is 37.5 Å². The van der Waals surface area contributed by atoms with Gasteiger partial charge in [-0.25, -0.2) is 0 Å². The van der Waals surface area contributed by atoms with Crippen molar-refractivity contribution < 1.29 is 9.53 Å². The Labute approximate surface area is 205 Å². The summed E-state index contributed by atoms with van der Waals surface area (Å²) in [5, 5.41) is 20.8. The summed E-state index contributed by atoms with van der Waals surface area (Å²) in [6, 6.07) is 15.4. The zero-order valence-corrected chi connectivity index (χ0v) is 19.8. The van der Waals surface area contributed by atoms with Gasteiger partial charge in [0, 0.05) is 50.3 Å². The van der Waals surface area contributed by atoms with E-state index in [1.54, 1.807) is 18.3 Å². The molecule has 1 saturated heterocycles. The quantitative estimate of drug-likeness (QED) is 0.612. The molecule has 5 rings (SSSR count). The summed E-state index contributed by atoms with van der Waals surface area (Å²) in [5.41, 5.74) is 4.20. The number of rotatable bonds is 5. The number of anilines is 1. The predicted molar refractivity (Wildman–Crippen MR) is 131 cm³/mol. The van der Waals surface area contributed by atoms with Crippen molar-refractivity contribution in [3.8, 4) is 11.8 Å². The topological polar surface area (TPSA) is 104 Å². The first-order chi connectivity index (χ1) is 17.1. The average molecular weight is 469 g/mol. The Kier molecular flexibility index (Phi) is 6.57. The minimum Gasteiger partial charge on any atom is -0.490 e. The number of carbonyl (C=O) groups excluding carboxylic acids is 1. The van der Waals surface area contributed by atoms with Gasteiger partial charge in [-0.2, -0.15) is 5.26 Å². The molecular weight excluding hydrogens is 440 g/mol. The fourth-order valence-electron chi connectivity index (χ4n) is 4.85. The van der Waals surface area contributed by atoms with Crippen molar-refractivity contribution in [2.45, 2.75) is 51.2 Å². The van der Waals surface area contributed by atoms with E-state index in [1.165, 1.54) is 5.56 Å². The van der Waals surface area contributed by atoms with E-state index < -0.39 is 0 Å². The molecule has 0 bridgehead atoms. The van der Waals surface area contributed by atoms with E-state index in [-0.39, 0.29) is 18.1 Å². The molecule has 0 saturated carbocycles. The molecule has 1 aliphatic carbocycles. The second kappa shape index (κ2) is 10.1. The lowest BCUT2D eigenvalue weighted by molar-refractivity contribution is 0.0927. The summed E-state index contributed by atoms with van der Waals surface area (Å²) < 4.78 is 6.09. The van der Waals surface area contributed by atoms with Crippen LogP contribution in [0.4, 0.5) is 5.82 Å². The third-order valence-corrected chi connectivity index (χ3v) is 6.72. The zero-order valence-electron chi connectivity index (χ0n) is 19.8. The summed E-state index contributed by atoms with van der Waals surface area (Å²) in [4.78, 5) is 19.5. The smallest absolute Gasteiger partial charge is 0.272 e. The van der Waals surface area contributed by atoms with Crippen molar-refractivity contribution in [2.24, 2.45) is 0 Å². The van der Waals surface area contributed by atoms with Gasteiger partial charge in [-0.3, -0.25) is 9.78 Å². The maximum Gasteiger partial charge on any atom is 0.272 e. The summed E-state index contributed by atoms with van der Waals surface area (Å²) >= 11 is 0. The first-order valence-corrected chi connectivity index (χ1v) is 12.1. The second-order valence-corrected chi connectivity index (χ2v) is 9.20. The van der Waals surface area contributed by atoms with Crippen molar-refractivity contribution in [1.82, 2.24) is 20.5 Å². The van der Waals surface area contributed by atoms with Gasteiger partial charge in [0.15, 0.2) is 11.5 Å². The van der Waals surface area contributed by atoms with Crippen LogP contribution in [0.2, 0.25) is 0 Å². The summed E-state index contributed by atoms with van der Waals surface area (Å²) in [6.07, 6.45) is 6.14. The number of nitrogens with one attached hydrogen (secondary N) is 1. The number of carbonyl (C=O) groups is 1. The van der Waals surface area contributed by atoms with Crippen molar-refractivity contribution >= 4 is 11.7 Å². The lowest BCUT2D eigenvalue weighted by atomic mass is 9.92. The first kappa shape index (κ1) is 22.8. The Morgan fingerprint density at radius 2 is 2.00 bits per heavy atom. The molecule has 1 atom stereocenters. The molecule has 1 aliphatic heterocycles. The lowest BCUT2D eigenvalue weighted by Crippen LogP contribution is -2.40. The van der Waals surface area contributed by atoms with Crippen LogP contribution in [-0.4, -0.2) is 46.3 Å². The highest BCUT2D eigenvalue weighted by molar-refractivity contribution is 5.92. The Bertz CT molecular complexity index is 1260. The lowest BCUT2D eigenvalue weighted by Gasteiger charge is -2.33. The standard InChI is InChI=1S/C27H28N6O2/c1-18-14-25(27(34)30-21-8-7-20-5-3-11-29-24(20)16-21)31-32-26(18)33-12-9-22(10-13-33)35-23-6-2-4-19(15-23)17-28/h2-6,11,14-15,21-22H,7-10,12-13,16H2,1H3,(H,30,34). The minimum absolute atomic E-state index is 0.0552. The normalized spacial score (nSPS) is 17.8. The predicted octanol–water partition coefficient (Wildman–Crippen LogP) is 3.39. The van der Waals surface area contributed by atoms with E-state index >= 15 is 0 Å². The van der Waals surface area contributed by atoms with Crippen LogP contribution < -0.4 is 15.0 Å². The molecule has 8 nitrogen and oxygen atoms in total. The number of aryl methyl sites for hydroxylation is 2. The molecule has 3 heterocycles.